The molecular formula is C17H26N4O2. The third-order valence-electron chi connectivity index (χ3n) is 4.56. The van der Waals surface area contributed by atoms with Crippen molar-refractivity contribution in [3.63, 3.8) is 0 Å². The summed E-state index contributed by atoms with van der Waals surface area (Å²) >= 11 is 0. The van der Waals surface area contributed by atoms with Gasteiger partial charge in [-0.1, -0.05) is 0 Å². The van der Waals surface area contributed by atoms with Crippen molar-refractivity contribution in [2.24, 2.45) is 5.73 Å². The van der Waals surface area contributed by atoms with E-state index in [0.717, 1.165) is 51.4 Å². The van der Waals surface area contributed by atoms with Crippen molar-refractivity contribution < 1.29 is 9.53 Å². The Morgan fingerprint density at radius 3 is 2.57 bits per heavy atom. The number of nitrogens with zero attached hydrogens (tertiary/aromatic N) is 2. The van der Waals surface area contributed by atoms with Gasteiger partial charge in [-0.3, -0.25) is 4.79 Å². The molecule has 0 bridgehead atoms. The van der Waals surface area contributed by atoms with Gasteiger partial charge in [-0.2, -0.15) is 0 Å². The molecular weight excluding hydrogens is 292 g/mol. The first-order valence-electron chi connectivity index (χ1n) is 8.46. The van der Waals surface area contributed by atoms with E-state index < -0.39 is 0 Å². The molecule has 3 N–H and O–H groups in total. The molecule has 0 spiro atoms. The Bertz CT molecular complexity index is 506. The third kappa shape index (κ3) is 4.14. The smallest absolute Gasteiger partial charge is 0.236 e. The molecule has 3 rings (SSSR count). The average molecular weight is 318 g/mol. The fourth-order valence-electron chi connectivity index (χ4n) is 3.19. The quantitative estimate of drug-likeness (QED) is 0.842. The van der Waals surface area contributed by atoms with Gasteiger partial charge in [0.25, 0.3) is 0 Å². The van der Waals surface area contributed by atoms with Crippen molar-refractivity contribution in [3.8, 4) is 5.75 Å². The first-order chi connectivity index (χ1) is 11.3. The number of hydrogen-bond donors (Lipinski definition) is 2. The number of anilines is 1. The maximum atomic E-state index is 11.6. The second-order valence-corrected chi connectivity index (χ2v) is 6.15. The van der Waals surface area contributed by atoms with Gasteiger partial charge in [0.15, 0.2) is 0 Å². The minimum Gasteiger partial charge on any atom is -0.489 e. The molecule has 2 heterocycles. The van der Waals surface area contributed by atoms with Crippen LogP contribution in [0, 0.1) is 0 Å². The number of carbonyl (C=O) groups excluding carboxylic acids is 1. The van der Waals surface area contributed by atoms with E-state index in [-0.39, 0.29) is 18.6 Å². The standard InChI is InChI=1S/C17H26N4O2/c18-12-17(22)21-10-8-20(9-11-21)14-3-5-15(6-4-14)23-16-2-1-7-19-13-16/h3-6,16,19H,1-2,7-13,18H2. The van der Waals surface area contributed by atoms with Crippen LogP contribution in [-0.2, 0) is 4.79 Å². The number of piperidine rings is 1. The van der Waals surface area contributed by atoms with Crippen LogP contribution in [0.2, 0.25) is 0 Å². The van der Waals surface area contributed by atoms with Gasteiger partial charge in [-0.05, 0) is 43.7 Å². The molecule has 0 saturated carbocycles. The fourth-order valence-corrected chi connectivity index (χ4v) is 3.19. The summed E-state index contributed by atoms with van der Waals surface area (Å²) in [4.78, 5) is 15.7. The zero-order valence-corrected chi connectivity index (χ0v) is 13.5. The molecule has 1 amide bonds. The largest absolute Gasteiger partial charge is 0.489 e. The molecule has 1 unspecified atom stereocenters. The molecule has 6 heteroatoms. The summed E-state index contributed by atoms with van der Waals surface area (Å²) < 4.78 is 6.01. The first kappa shape index (κ1) is 16.1. The van der Waals surface area contributed by atoms with Gasteiger partial charge in [-0.15, -0.1) is 0 Å². The van der Waals surface area contributed by atoms with Crippen LogP contribution in [0.5, 0.6) is 5.75 Å². The van der Waals surface area contributed by atoms with E-state index in [2.05, 4.69) is 22.3 Å². The van der Waals surface area contributed by atoms with Crippen molar-refractivity contribution in [1.29, 1.82) is 0 Å². The highest BCUT2D eigenvalue weighted by atomic mass is 16.5. The summed E-state index contributed by atoms with van der Waals surface area (Å²) in [7, 11) is 0. The maximum Gasteiger partial charge on any atom is 0.236 e. The molecule has 1 aromatic carbocycles. The Morgan fingerprint density at radius 1 is 1.22 bits per heavy atom. The molecule has 1 atom stereocenters. The lowest BCUT2D eigenvalue weighted by Gasteiger charge is -2.36. The molecule has 23 heavy (non-hydrogen) atoms. The average Bonchev–Trinajstić information content (AvgIpc) is 2.63. The molecule has 0 aliphatic carbocycles. The minimum atomic E-state index is 0.0366. The molecule has 126 valence electrons. The topological polar surface area (TPSA) is 70.8 Å². The van der Waals surface area contributed by atoms with Gasteiger partial charge in [-0.25, -0.2) is 0 Å². The van der Waals surface area contributed by atoms with Gasteiger partial charge in [0.1, 0.15) is 11.9 Å². The summed E-state index contributed by atoms with van der Waals surface area (Å²) in [6, 6.07) is 8.29. The number of carbonyl (C=O) groups is 1. The highest BCUT2D eigenvalue weighted by molar-refractivity contribution is 5.78. The van der Waals surface area contributed by atoms with E-state index in [9.17, 15) is 4.79 Å². The van der Waals surface area contributed by atoms with E-state index >= 15 is 0 Å². The van der Waals surface area contributed by atoms with E-state index in [4.69, 9.17) is 10.5 Å². The van der Waals surface area contributed by atoms with E-state index in [1.807, 2.05) is 17.0 Å². The predicted octanol–water partition coefficient (Wildman–Crippen LogP) is 0.425. The Labute approximate surface area is 137 Å². The molecule has 0 radical (unpaired) electrons. The van der Waals surface area contributed by atoms with E-state index in [1.165, 1.54) is 12.1 Å². The molecule has 0 aromatic heterocycles. The number of amides is 1. The van der Waals surface area contributed by atoms with Crippen molar-refractivity contribution in [3.05, 3.63) is 24.3 Å². The second kappa shape index (κ2) is 7.66. The normalized spacial score (nSPS) is 22.0. The molecule has 2 saturated heterocycles. The molecule has 6 nitrogen and oxygen atoms in total. The summed E-state index contributed by atoms with van der Waals surface area (Å²) in [6.45, 7) is 5.29. The van der Waals surface area contributed by atoms with Gasteiger partial charge in [0.2, 0.25) is 5.91 Å². The lowest BCUT2D eigenvalue weighted by Crippen LogP contribution is -2.50. The summed E-state index contributed by atoms with van der Waals surface area (Å²) in [5.41, 5.74) is 6.60. The summed E-state index contributed by atoms with van der Waals surface area (Å²) in [6.07, 6.45) is 2.57. The Hall–Kier alpha value is -1.79. The minimum absolute atomic E-state index is 0.0366. The number of nitrogens with one attached hydrogen (secondary N) is 1. The van der Waals surface area contributed by atoms with Gasteiger partial charge in [0.05, 0.1) is 6.54 Å². The Kier molecular flexibility index (Phi) is 5.35. The van der Waals surface area contributed by atoms with Crippen LogP contribution >= 0.6 is 0 Å². The molecule has 2 aliphatic rings. The zero-order chi connectivity index (χ0) is 16.1. The number of rotatable bonds is 4. The van der Waals surface area contributed by atoms with Crippen LogP contribution in [0.4, 0.5) is 5.69 Å². The summed E-state index contributed by atoms with van der Waals surface area (Å²) in [5.74, 6) is 0.967. The van der Waals surface area contributed by atoms with Crippen molar-refractivity contribution in [1.82, 2.24) is 10.2 Å². The maximum absolute atomic E-state index is 11.6. The molecule has 1 aromatic rings. The fraction of sp³-hybridized carbons (Fsp3) is 0.588. The number of hydrogen-bond acceptors (Lipinski definition) is 5. The van der Waals surface area contributed by atoms with Gasteiger partial charge < -0.3 is 25.6 Å². The number of ether oxygens (including phenoxy) is 1. The van der Waals surface area contributed by atoms with E-state index in [1.54, 1.807) is 0 Å². The van der Waals surface area contributed by atoms with Crippen LogP contribution in [0.3, 0.4) is 0 Å². The molecule has 2 aliphatic heterocycles. The van der Waals surface area contributed by atoms with Crippen LogP contribution in [0.15, 0.2) is 24.3 Å². The lowest BCUT2D eigenvalue weighted by molar-refractivity contribution is -0.129. The van der Waals surface area contributed by atoms with Crippen molar-refractivity contribution in [2.45, 2.75) is 18.9 Å². The van der Waals surface area contributed by atoms with Crippen LogP contribution in [-0.4, -0.2) is 62.7 Å². The zero-order valence-electron chi connectivity index (χ0n) is 13.5. The first-order valence-corrected chi connectivity index (χ1v) is 8.46. The Balaban J connectivity index is 1.52. The lowest BCUT2D eigenvalue weighted by atomic mass is 10.1. The summed E-state index contributed by atoms with van der Waals surface area (Å²) in [5, 5.41) is 3.36. The second-order valence-electron chi connectivity index (χ2n) is 6.15. The Morgan fingerprint density at radius 2 is 1.96 bits per heavy atom. The van der Waals surface area contributed by atoms with Crippen LogP contribution in [0.1, 0.15) is 12.8 Å². The predicted molar refractivity (Wildman–Crippen MR) is 90.8 cm³/mol. The molecule has 2 fully saturated rings. The van der Waals surface area contributed by atoms with Crippen molar-refractivity contribution >= 4 is 11.6 Å². The van der Waals surface area contributed by atoms with E-state index in [0.29, 0.717) is 0 Å². The number of benzene rings is 1. The van der Waals surface area contributed by atoms with Gasteiger partial charge in [0, 0.05) is 38.4 Å². The van der Waals surface area contributed by atoms with Gasteiger partial charge >= 0.3 is 0 Å². The van der Waals surface area contributed by atoms with Crippen molar-refractivity contribution in [2.75, 3.05) is 50.7 Å². The van der Waals surface area contributed by atoms with Crippen LogP contribution in [0.25, 0.3) is 0 Å². The monoisotopic (exact) mass is 318 g/mol. The number of piperazine rings is 1. The highest BCUT2D eigenvalue weighted by Crippen LogP contribution is 2.22. The highest BCUT2D eigenvalue weighted by Gasteiger charge is 2.20. The number of nitrogens with two attached hydrogens (primary N) is 1. The van der Waals surface area contributed by atoms with Crippen LogP contribution < -0.4 is 20.7 Å². The third-order valence-corrected chi connectivity index (χ3v) is 4.56. The SMILES string of the molecule is NCC(=O)N1CCN(c2ccc(OC3CCCNC3)cc2)CC1.